The second kappa shape index (κ2) is 10.2. The molecule has 0 atom stereocenters. The Morgan fingerprint density at radius 1 is 0.727 bits per heavy atom. The average molecular weight is 361 g/mol. The van der Waals surface area contributed by atoms with Crippen molar-refractivity contribution in [2.24, 2.45) is 0 Å². The third-order valence-electron chi connectivity index (χ3n) is 3.40. The average Bonchev–Trinajstić information content (AvgIpc) is 2.33. The molecule has 0 fully saturated rings. The lowest BCUT2D eigenvalue weighted by molar-refractivity contribution is 0.387. The van der Waals surface area contributed by atoms with Gasteiger partial charge in [-0.05, 0) is 45.3 Å². The summed E-state index contributed by atoms with van der Waals surface area (Å²) in [6.07, 6.45) is 9.33. The third kappa shape index (κ3) is 11.8. The molecular weight excluding hydrogens is 320 g/mol. The molecule has 0 radical (unpaired) electrons. The molecule has 0 aliphatic carbocycles. The lowest BCUT2D eigenvalue weighted by Crippen LogP contribution is -2.53. The van der Waals surface area contributed by atoms with E-state index in [1.54, 1.807) is 0 Å². The Morgan fingerprint density at radius 3 is 1.50 bits per heavy atom. The fourth-order valence-corrected chi connectivity index (χ4v) is 13.9. The van der Waals surface area contributed by atoms with Gasteiger partial charge in [-0.1, -0.05) is 57.6 Å². The SMILES string of the molecule is C=C[Si](CCCCCCCCC)(O[Si](C)(C)C)O[Si](C)(C)C. The highest BCUT2D eigenvalue weighted by atomic mass is 28.5. The molecule has 0 saturated carbocycles. The molecule has 0 heterocycles. The summed E-state index contributed by atoms with van der Waals surface area (Å²) in [5.74, 6) is 0. The third-order valence-corrected chi connectivity index (χ3v) is 12.7. The van der Waals surface area contributed by atoms with Crippen LogP contribution in [0.15, 0.2) is 12.3 Å². The van der Waals surface area contributed by atoms with Crippen molar-refractivity contribution < 1.29 is 8.23 Å². The van der Waals surface area contributed by atoms with Crippen LogP contribution in [0.5, 0.6) is 0 Å². The van der Waals surface area contributed by atoms with Gasteiger partial charge in [0.15, 0.2) is 16.6 Å². The van der Waals surface area contributed by atoms with Gasteiger partial charge in [0.1, 0.15) is 0 Å². The molecule has 0 spiro atoms. The van der Waals surface area contributed by atoms with E-state index in [1.807, 2.05) is 0 Å². The minimum absolute atomic E-state index is 1.08. The van der Waals surface area contributed by atoms with Crippen molar-refractivity contribution in [3.8, 4) is 0 Å². The second-order valence-corrected chi connectivity index (χ2v) is 20.9. The highest BCUT2D eigenvalue weighted by Gasteiger charge is 2.41. The van der Waals surface area contributed by atoms with Crippen molar-refractivity contribution in [2.75, 3.05) is 0 Å². The van der Waals surface area contributed by atoms with Crippen LogP contribution in [0.25, 0.3) is 0 Å². The number of rotatable bonds is 13. The zero-order chi connectivity index (χ0) is 17.3. The molecule has 132 valence electrons. The van der Waals surface area contributed by atoms with Crippen LogP contribution in [-0.2, 0) is 8.23 Å². The van der Waals surface area contributed by atoms with Gasteiger partial charge in [-0.3, -0.25) is 0 Å². The lowest BCUT2D eigenvalue weighted by atomic mass is 10.1. The molecule has 0 aliphatic heterocycles. The first-order valence-corrected chi connectivity index (χ1v) is 18.0. The zero-order valence-electron chi connectivity index (χ0n) is 16.3. The van der Waals surface area contributed by atoms with E-state index >= 15 is 0 Å². The molecule has 0 aromatic rings. The Balaban J connectivity index is 4.49. The van der Waals surface area contributed by atoms with Crippen LogP contribution in [0.4, 0.5) is 0 Å². The van der Waals surface area contributed by atoms with Crippen LogP contribution in [0.3, 0.4) is 0 Å². The number of hydrogen-bond donors (Lipinski definition) is 0. The van der Waals surface area contributed by atoms with Crippen LogP contribution in [0.1, 0.15) is 51.9 Å². The smallest absolute Gasteiger partial charge is 0.343 e. The van der Waals surface area contributed by atoms with Gasteiger partial charge in [-0.25, -0.2) is 0 Å². The van der Waals surface area contributed by atoms with Crippen molar-refractivity contribution in [1.82, 2.24) is 0 Å². The van der Waals surface area contributed by atoms with E-state index in [4.69, 9.17) is 8.23 Å². The molecule has 0 rings (SSSR count). The van der Waals surface area contributed by atoms with E-state index in [9.17, 15) is 0 Å². The van der Waals surface area contributed by atoms with E-state index in [0.717, 1.165) is 6.04 Å². The van der Waals surface area contributed by atoms with Gasteiger partial charge in [0, 0.05) is 0 Å². The first-order chi connectivity index (χ1) is 10.0. The van der Waals surface area contributed by atoms with Gasteiger partial charge in [-0.15, -0.1) is 6.58 Å². The van der Waals surface area contributed by atoms with E-state index in [2.05, 4.69) is 58.5 Å². The first kappa shape index (κ1) is 22.3. The van der Waals surface area contributed by atoms with E-state index in [0.29, 0.717) is 0 Å². The predicted molar refractivity (Wildman–Crippen MR) is 108 cm³/mol. The Hall–Kier alpha value is 0.311. The molecule has 0 unspecified atom stereocenters. The summed E-state index contributed by atoms with van der Waals surface area (Å²) in [6, 6.07) is 1.08. The van der Waals surface area contributed by atoms with E-state index in [1.165, 1.54) is 44.9 Å². The molecule has 0 aromatic carbocycles. The zero-order valence-corrected chi connectivity index (χ0v) is 19.3. The van der Waals surface area contributed by atoms with Gasteiger partial charge >= 0.3 is 8.56 Å². The van der Waals surface area contributed by atoms with Crippen LogP contribution in [0.2, 0.25) is 45.3 Å². The minimum Gasteiger partial charge on any atom is -0.434 e. The fourth-order valence-electron chi connectivity index (χ4n) is 2.67. The van der Waals surface area contributed by atoms with Crippen LogP contribution in [0, 0.1) is 0 Å². The van der Waals surface area contributed by atoms with Crippen LogP contribution < -0.4 is 0 Å². The maximum absolute atomic E-state index is 6.57. The molecular formula is C17H40O2Si3. The van der Waals surface area contributed by atoms with Gasteiger partial charge in [0.2, 0.25) is 0 Å². The molecule has 0 aromatic heterocycles. The monoisotopic (exact) mass is 360 g/mol. The summed E-state index contributed by atoms with van der Waals surface area (Å²) in [7, 11) is -5.45. The molecule has 5 heteroatoms. The van der Waals surface area contributed by atoms with E-state index in [-0.39, 0.29) is 0 Å². The molecule has 0 N–H and O–H groups in total. The highest BCUT2D eigenvalue weighted by molar-refractivity contribution is 6.90. The molecule has 0 amide bonds. The summed E-state index contributed by atoms with van der Waals surface area (Å²) < 4.78 is 13.1. The fraction of sp³-hybridized carbons (Fsp3) is 0.882. The Labute approximate surface area is 143 Å². The summed E-state index contributed by atoms with van der Waals surface area (Å²) in [5.41, 5.74) is 2.06. The summed E-state index contributed by atoms with van der Waals surface area (Å²) in [5, 5.41) is 0. The highest BCUT2D eigenvalue weighted by Crippen LogP contribution is 2.27. The maximum atomic E-state index is 6.57. The minimum atomic E-state index is -2.23. The van der Waals surface area contributed by atoms with Crippen molar-refractivity contribution >= 4 is 25.2 Å². The van der Waals surface area contributed by atoms with Gasteiger partial charge < -0.3 is 8.23 Å². The number of hydrogen-bond acceptors (Lipinski definition) is 2. The largest absolute Gasteiger partial charge is 0.434 e. The summed E-state index contributed by atoms with van der Waals surface area (Å²) in [4.78, 5) is 0. The summed E-state index contributed by atoms with van der Waals surface area (Å²) in [6.45, 7) is 19.9. The van der Waals surface area contributed by atoms with Gasteiger partial charge in [-0.2, -0.15) is 0 Å². The Kier molecular flexibility index (Phi) is 10.4. The quantitative estimate of drug-likeness (QED) is 0.272. The van der Waals surface area contributed by atoms with Crippen molar-refractivity contribution in [2.45, 2.75) is 97.2 Å². The molecule has 0 bridgehead atoms. The van der Waals surface area contributed by atoms with E-state index < -0.39 is 25.2 Å². The lowest BCUT2D eigenvalue weighted by Gasteiger charge is -2.39. The van der Waals surface area contributed by atoms with Crippen molar-refractivity contribution in [1.29, 1.82) is 0 Å². The molecule has 0 aliphatic rings. The molecule has 2 nitrogen and oxygen atoms in total. The van der Waals surface area contributed by atoms with Crippen molar-refractivity contribution in [3.63, 3.8) is 0 Å². The second-order valence-electron chi connectivity index (χ2n) is 8.32. The topological polar surface area (TPSA) is 18.5 Å². The Morgan fingerprint density at radius 2 is 1.14 bits per heavy atom. The standard InChI is InChI=1S/C17H40O2Si3/c1-9-11-12-13-14-15-16-17-22(10-2,18-20(3,4)5)19-21(6,7)8/h10H,2,9,11-17H2,1,3-8H3. The van der Waals surface area contributed by atoms with Crippen molar-refractivity contribution in [3.05, 3.63) is 12.3 Å². The summed E-state index contributed by atoms with van der Waals surface area (Å²) >= 11 is 0. The maximum Gasteiger partial charge on any atom is 0.343 e. The normalized spacial score (nSPS) is 13.4. The van der Waals surface area contributed by atoms with Gasteiger partial charge in [0.25, 0.3) is 0 Å². The van der Waals surface area contributed by atoms with Crippen LogP contribution in [-0.4, -0.2) is 25.2 Å². The number of unbranched alkanes of at least 4 members (excludes halogenated alkanes) is 6. The molecule has 0 saturated heterocycles. The van der Waals surface area contributed by atoms with Gasteiger partial charge in [0.05, 0.1) is 0 Å². The predicted octanol–water partition coefficient (Wildman–Crippen LogP) is 6.61. The molecule has 22 heavy (non-hydrogen) atoms. The Bertz CT molecular complexity index is 290. The van der Waals surface area contributed by atoms with Crippen LogP contribution >= 0.6 is 0 Å². The first-order valence-electron chi connectivity index (χ1n) is 9.07.